The standard InChI is InChI=1S/C17H26N2O2/c1-4-17(8-5-9-18-17)16(20)19(3)11-13-6-7-15(21-13)14-10-12(14)2/h6-7,12,14,18H,4-5,8-11H2,1-3H3. The summed E-state index contributed by atoms with van der Waals surface area (Å²) in [4.78, 5) is 14.5. The van der Waals surface area contributed by atoms with Crippen LogP contribution in [0.1, 0.15) is 57.0 Å². The number of carbonyl (C=O) groups excluding carboxylic acids is 1. The fourth-order valence-corrected chi connectivity index (χ4v) is 3.51. The Bertz CT molecular complexity index is 517. The quantitative estimate of drug-likeness (QED) is 0.907. The van der Waals surface area contributed by atoms with Crippen molar-refractivity contribution in [1.82, 2.24) is 10.2 Å². The highest BCUT2D eigenvalue weighted by molar-refractivity contribution is 5.86. The molecule has 3 unspecified atom stereocenters. The molecule has 2 fully saturated rings. The molecule has 2 aliphatic rings. The molecule has 0 radical (unpaired) electrons. The number of furan rings is 1. The van der Waals surface area contributed by atoms with E-state index in [2.05, 4.69) is 25.2 Å². The Hall–Kier alpha value is -1.29. The van der Waals surface area contributed by atoms with Crippen molar-refractivity contribution >= 4 is 5.91 Å². The minimum Gasteiger partial charge on any atom is -0.464 e. The Balaban J connectivity index is 1.64. The van der Waals surface area contributed by atoms with Crippen molar-refractivity contribution in [2.45, 2.75) is 57.5 Å². The van der Waals surface area contributed by atoms with Gasteiger partial charge in [0.15, 0.2) is 0 Å². The molecule has 0 bridgehead atoms. The molecule has 4 nitrogen and oxygen atoms in total. The topological polar surface area (TPSA) is 45.5 Å². The summed E-state index contributed by atoms with van der Waals surface area (Å²) < 4.78 is 5.91. The molecule has 1 aromatic heterocycles. The van der Waals surface area contributed by atoms with Crippen LogP contribution in [0.15, 0.2) is 16.5 Å². The first-order valence-electron chi connectivity index (χ1n) is 8.15. The molecule has 3 atom stereocenters. The summed E-state index contributed by atoms with van der Waals surface area (Å²) in [5, 5.41) is 3.40. The van der Waals surface area contributed by atoms with Gasteiger partial charge in [0.2, 0.25) is 5.91 Å². The molecule has 2 heterocycles. The van der Waals surface area contributed by atoms with Crippen LogP contribution < -0.4 is 5.32 Å². The molecule has 116 valence electrons. The molecule has 3 rings (SSSR count). The first-order valence-corrected chi connectivity index (χ1v) is 8.15. The Morgan fingerprint density at radius 1 is 1.52 bits per heavy atom. The number of likely N-dealkylation sites (N-methyl/N-ethyl adjacent to an activating group) is 1. The summed E-state index contributed by atoms with van der Waals surface area (Å²) in [6.45, 7) is 5.84. The Morgan fingerprint density at radius 2 is 2.29 bits per heavy atom. The zero-order chi connectivity index (χ0) is 15.0. The van der Waals surface area contributed by atoms with Gasteiger partial charge in [-0.25, -0.2) is 0 Å². The molecule has 0 spiro atoms. The highest BCUT2D eigenvalue weighted by Gasteiger charge is 2.41. The number of nitrogens with one attached hydrogen (secondary N) is 1. The van der Waals surface area contributed by atoms with Gasteiger partial charge in [-0.1, -0.05) is 13.8 Å². The second-order valence-electron chi connectivity index (χ2n) is 6.75. The van der Waals surface area contributed by atoms with Crippen molar-refractivity contribution in [3.63, 3.8) is 0 Å². The number of rotatable bonds is 5. The average Bonchev–Trinajstić information content (AvgIpc) is 2.92. The molecule has 1 aliphatic heterocycles. The van der Waals surface area contributed by atoms with Gasteiger partial charge in [-0.15, -0.1) is 0 Å². The van der Waals surface area contributed by atoms with Crippen molar-refractivity contribution in [1.29, 1.82) is 0 Å². The van der Waals surface area contributed by atoms with Crippen LogP contribution in [0.4, 0.5) is 0 Å². The van der Waals surface area contributed by atoms with Gasteiger partial charge in [0, 0.05) is 13.0 Å². The number of amides is 1. The van der Waals surface area contributed by atoms with Crippen molar-refractivity contribution in [3.8, 4) is 0 Å². The lowest BCUT2D eigenvalue weighted by Gasteiger charge is -2.31. The van der Waals surface area contributed by atoms with Gasteiger partial charge in [0.05, 0.1) is 12.1 Å². The highest BCUT2D eigenvalue weighted by Crippen LogP contribution is 2.47. The second kappa shape index (κ2) is 5.48. The maximum atomic E-state index is 12.7. The highest BCUT2D eigenvalue weighted by atomic mass is 16.3. The van der Waals surface area contributed by atoms with Crippen LogP contribution in [-0.2, 0) is 11.3 Å². The van der Waals surface area contributed by atoms with E-state index < -0.39 is 0 Å². The van der Waals surface area contributed by atoms with Gasteiger partial charge in [-0.2, -0.15) is 0 Å². The third kappa shape index (κ3) is 2.73. The molecule has 1 saturated carbocycles. The van der Waals surface area contributed by atoms with Gasteiger partial charge in [0.25, 0.3) is 0 Å². The van der Waals surface area contributed by atoms with Gasteiger partial charge >= 0.3 is 0 Å². The SMILES string of the molecule is CCC1(C(=O)N(C)Cc2ccc(C3CC3C)o2)CCCN1. The normalized spacial score (nSPS) is 31.4. The summed E-state index contributed by atoms with van der Waals surface area (Å²) in [5.74, 6) is 3.51. The fourth-order valence-electron chi connectivity index (χ4n) is 3.51. The molecular weight excluding hydrogens is 264 g/mol. The van der Waals surface area contributed by atoms with E-state index in [4.69, 9.17) is 4.42 Å². The second-order valence-corrected chi connectivity index (χ2v) is 6.75. The predicted molar refractivity (Wildman–Crippen MR) is 82.0 cm³/mol. The van der Waals surface area contributed by atoms with E-state index in [-0.39, 0.29) is 11.4 Å². The minimum absolute atomic E-state index is 0.195. The van der Waals surface area contributed by atoms with Crippen LogP contribution in [0.25, 0.3) is 0 Å². The monoisotopic (exact) mass is 290 g/mol. The smallest absolute Gasteiger partial charge is 0.243 e. The van der Waals surface area contributed by atoms with E-state index in [0.29, 0.717) is 12.5 Å². The molecule has 1 N–H and O–H groups in total. The molecule has 1 amide bonds. The number of hydrogen-bond donors (Lipinski definition) is 1. The maximum absolute atomic E-state index is 12.7. The number of carbonyl (C=O) groups is 1. The van der Waals surface area contributed by atoms with Crippen molar-refractivity contribution in [2.75, 3.05) is 13.6 Å². The summed E-state index contributed by atoms with van der Waals surface area (Å²) in [6, 6.07) is 4.09. The third-order valence-corrected chi connectivity index (χ3v) is 5.15. The molecule has 21 heavy (non-hydrogen) atoms. The van der Waals surface area contributed by atoms with Crippen molar-refractivity contribution in [3.05, 3.63) is 23.7 Å². The van der Waals surface area contributed by atoms with Crippen LogP contribution in [0.5, 0.6) is 0 Å². The minimum atomic E-state index is -0.352. The Labute approximate surface area is 126 Å². The number of nitrogens with zero attached hydrogens (tertiary/aromatic N) is 1. The maximum Gasteiger partial charge on any atom is 0.243 e. The van der Waals surface area contributed by atoms with Gasteiger partial charge < -0.3 is 14.6 Å². The third-order valence-electron chi connectivity index (χ3n) is 5.15. The largest absolute Gasteiger partial charge is 0.464 e. The average molecular weight is 290 g/mol. The summed E-state index contributed by atoms with van der Waals surface area (Å²) in [7, 11) is 1.88. The lowest BCUT2D eigenvalue weighted by Crippen LogP contribution is -2.53. The Morgan fingerprint density at radius 3 is 2.86 bits per heavy atom. The molecule has 4 heteroatoms. The molecular formula is C17H26N2O2. The zero-order valence-corrected chi connectivity index (χ0v) is 13.3. The summed E-state index contributed by atoms with van der Waals surface area (Å²) in [6.07, 6.45) is 4.09. The Kier molecular flexibility index (Phi) is 3.82. The first kappa shape index (κ1) is 14.6. The fraction of sp³-hybridized carbons (Fsp3) is 0.706. The molecule has 0 aromatic carbocycles. The van der Waals surface area contributed by atoms with Gasteiger partial charge in [0.1, 0.15) is 11.5 Å². The van der Waals surface area contributed by atoms with Crippen LogP contribution >= 0.6 is 0 Å². The number of hydrogen-bond acceptors (Lipinski definition) is 3. The molecule has 1 saturated heterocycles. The van der Waals surface area contributed by atoms with E-state index >= 15 is 0 Å². The van der Waals surface area contributed by atoms with Crippen molar-refractivity contribution in [2.24, 2.45) is 5.92 Å². The summed E-state index contributed by atoms with van der Waals surface area (Å²) in [5.41, 5.74) is -0.352. The molecule has 1 aliphatic carbocycles. The molecule has 1 aromatic rings. The van der Waals surface area contributed by atoms with Gasteiger partial charge in [-0.05, 0) is 50.3 Å². The zero-order valence-electron chi connectivity index (χ0n) is 13.3. The van der Waals surface area contributed by atoms with E-state index in [1.54, 1.807) is 4.90 Å². The van der Waals surface area contributed by atoms with Crippen LogP contribution in [-0.4, -0.2) is 29.9 Å². The van der Waals surface area contributed by atoms with Crippen LogP contribution in [0.2, 0.25) is 0 Å². The van der Waals surface area contributed by atoms with Gasteiger partial charge in [-0.3, -0.25) is 4.79 Å². The van der Waals surface area contributed by atoms with E-state index in [1.807, 2.05) is 13.1 Å². The lowest BCUT2D eigenvalue weighted by molar-refractivity contribution is -0.137. The van der Waals surface area contributed by atoms with E-state index in [0.717, 1.165) is 43.2 Å². The first-order chi connectivity index (χ1) is 10.1. The van der Waals surface area contributed by atoms with E-state index in [9.17, 15) is 4.79 Å². The van der Waals surface area contributed by atoms with Crippen molar-refractivity contribution < 1.29 is 9.21 Å². The lowest BCUT2D eigenvalue weighted by atomic mass is 9.92. The summed E-state index contributed by atoms with van der Waals surface area (Å²) >= 11 is 0. The predicted octanol–water partition coefficient (Wildman–Crippen LogP) is 2.89. The van der Waals surface area contributed by atoms with Crippen LogP contribution in [0.3, 0.4) is 0 Å². The van der Waals surface area contributed by atoms with E-state index in [1.165, 1.54) is 6.42 Å². The van der Waals surface area contributed by atoms with Crippen LogP contribution in [0, 0.1) is 5.92 Å².